The first-order valence-corrected chi connectivity index (χ1v) is 8.59. The van der Waals surface area contributed by atoms with Crippen molar-refractivity contribution < 1.29 is 9.50 Å². The van der Waals surface area contributed by atoms with E-state index in [-0.39, 0.29) is 29.0 Å². The van der Waals surface area contributed by atoms with Crippen molar-refractivity contribution >= 4 is 34.1 Å². The van der Waals surface area contributed by atoms with Gasteiger partial charge >= 0.3 is 5.69 Å². The summed E-state index contributed by atoms with van der Waals surface area (Å²) in [4.78, 5) is 25.6. The monoisotopic (exact) mass is 396 g/mol. The van der Waals surface area contributed by atoms with Gasteiger partial charge in [0.2, 0.25) is 0 Å². The van der Waals surface area contributed by atoms with Gasteiger partial charge in [0, 0.05) is 5.02 Å². The second-order valence-electron chi connectivity index (χ2n) is 6.02. The zero-order chi connectivity index (χ0) is 19.0. The van der Waals surface area contributed by atoms with Crippen LogP contribution in [0.15, 0.2) is 46.0 Å². The Morgan fingerprint density at radius 2 is 1.73 bits per heavy atom. The number of hydrogen-bond acceptors (Lipinski definition) is 3. The molecule has 1 aromatic heterocycles. The Balaban J connectivity index is 2.30. The molecule has 0 saturated heterocycles. The van der Waals surface area contributed by atoms with Gasteiger partial charge in [-0.2, -0.15) is 0 Å². The van der Waals surface area contributed by atoms with Crippen molar-refractivity contribution in [3.63, 3.8) is 0 Å². The lowest BCUT2D eigenvalue weighted by Gasteiger charge is -2.16. The molecule has 1 heterocycles. The van der Waals surface area contributed by atoms with Crippen LogP contribution < -0.4 is 11.2 Å². The normalized spacial score (nSPS) is 12.5. The first-order chi connectivity index (χ1) is 12.3. The molecule has 1 N–H and O–H groups in total. The van der Waals surface area contributed by atoms with Gasteiger partial charge in [0.05, 0.1) is 35.1 Å². The molecule has 0 aliphatic rings. The predicted molar refractivity (Wildman–Crippen MR) is 99.7 cm³/mol. The first kappa shape index (κ1) is 18.6. The quantitative estimate of drug-likeness (QED) is 0.736. The van der Waals surface area contributed by atoms with E-state index in [2.05, 4.69) is 0 Å². The average Bonchev–Trinajstić information content (AvgIpc) is 2.59. The van der Waals surface area contributed by atoms with E-state index in [1.54, 1.807) is 24.3 Å². The Labute approximate surface area is 157 Å². The lowest BCUT2D eigenvalue weighted by atomic mass is 10.2. The van der Waals surface area contributed by atoms with Crippen LogP contribution in [0.4, 0.5) is 4.39 Å². The Bertz CT molecular complexity index is 1090. The number of halogens is 3. The van der Waals surface area contributed by atoms with Crippen molar-refractivity contribution in [2.45, 2.75) is 26.1 Å². The fourth-order valence-electron chi connectivity index (χ4n) is 2.80. The smallest absolute Gasteiger partial charge is 0.331 e. The Morgan fingerprint density at radius 1 is 1.08 bits per heavy atom. The van der Waals surface area contributed by atoms with Crippen LogP contribution in [0.5, 0.6) is 0 Å². The summed E-state index contributed by atoms with van der Waals surface area (Å²) in [5.41, 5.74) is -0.872. The van der Waals surface area contributed by atoms with Crippen LogP contribution in [-0.4, -0.2) is 20.3 Å². The predicted octanol–water partition coefficient (Wildman–Crippen LogP) is 3.04. The van der Waals surface area contributed by atoms with E-state index in [0.717, 1.165) is 9.13 Å². The minimum Gasteiger partial charge on any atom is -0.392 e. The van der Waals surface area contributed by atoms with Crippen LogP contribution in [0.2, 0.25) is 10.0 Å². The van der Waals surface area contributed by atoms with Crippen molar-refractivity contribution in [3.05, 3.63) is 78.7 Å². The third-order valence-electron chi connectivity index (χ3n) is 3.98. The summed E-state index contributed by atoms with van der Waals surface area (Å²) in [6.07, 6.45) is -0.921. The molecule has 3 aromatic rings. The number of aliphatic hydroxyl groups excluding tert-OH is 1. The van der Waals surface area contributed by atoms with Gasteiger partial charge in [0.1, 0.15) is 0 Å². The maximum atomic E-state index is 14.5. The number of fused-ring (bicyclic) bond motifs is 1. The van der Waals surface area contributed by atoms with Crippen molar-refractivity contribution in [2.75, 3.05) is 0 Å². The molecule has 0 aliphatic heterocycles. The van der Waals surface area contributed by atoms with Gasteiger partial charge in [-0.25, -0.2) is 9.18 Å². The zero-order valence-corrected chi connectivity index (χ0v) is 15.3. The van der Waals surface area contributed by atoms with Gasteiger partial charge in [-0.3, -0.25) is 13.9 Å². The molecule has 136 valence electrons. The van der Waals surface area contributed by atoms with Crippen LogP contribution in [0.3, 0.4) is 0 Å². The molecular weight excluding hydrogens is 382 g/mol. The van der Waals surface area contributed by atoms with Gasteiger partial charge in [0.25, 0.3) is 5.56 Å². The summed E-state index contributed by atoms with van der Waals surface area (Å²) in [5.74, 6) is -0.863. The molecule has 1 atom stereocenters. The Morgan fingerprint density at radius 3 is 2.35 bits per heavy atom. The second kappa shape index (κ2) is 7.23. The first-order valence-electron chi connectivity index (χ1n) is 7.83. The molecule has 0 fully saturated rings. The van der Waals surface area contributed by atoms with E-state index in [4.69, 9.17) is 23.2 Å². The van der Waals surface area contributed by atoms with Crippen LogP contribution in [0.25, 0.3) is 10.9 Å². The largest absolute Gasteiger partial charge is 0.392 e. The van der Waals surface area contributed by atoms with E-state index in [1.807, 2.05) is 0 Å². The summed E-state index contributed by atoms with van der Waals surface area (Å²) in [6.45, 7) is 1.29. The third kappa shape index (κ3) is 3.40. The molecule has 0 bridgehead atoms. The highest BCUT2D eigenvalue weighted by Gasteiger charge is 2.19. The molecule has 5 nitrogen and oxygen atoms in total. The fourth-order valence-corrected chi connectivity index (χ4v) is 3.07. The minimum absolute atomic E-state index is 0.00513. The number of rotatable bonds is 4. The Kier molecular flexibility index (Phi) is 5.18. The van der Waals surface area contributed by atoms with Crippen molar-refractivity contribution in [1.29, 1.82) is 0 Å². The molecule has 0 aliphatic carbocycles. The topological polar surface area (TPSA) is 64.2 Å². The molecule has 8 heteroatoms. The van der Waals surface area contributed by atoms with Crippen LogP contribution in [0.1, 0.15) is 12.5 Å². The fraction of sp³-hybridized carbons (Fsp3) is 0.222. The maximum absolute atomic E-state index is 14.5. The van der Waals surface area contributed by atoms with Crippen LogP contribution in [-0.2, 0) is 13.1 Å². The van der Waals surface area contributed by atoms with Gasteiger partial charge < -0.3 is 5.11 Å². The number of nitrogens with zero attached hydrogens (tertiary/aromatic N) is 2. The molecule has 2 aromatic carbocycles. The molecule has 0 radical (unpaired) electrons. The molecule has 26 heavy (non-hydrogen) atoms. The lowest BCUT2D eigenvalue weighted by molar-refractivity contribution is 0.172. The molecule has 0 amide bonds. The Hall–Kier alpha value is -2.15. The average molecular weight is 397 g/mol. The minimum atomic E-state index is -0.921. The standard InChI is InChI=1S/C18H15Cl2FN2O3/c1-10(24)8-22-16-13(6-7-14(20)15(16)21)17(25)23(18(22)26)9-11-2-4-12(19)5-3-11/h2-7,10,24H,8-9H2,1H3. The van der Waals surface area contributed by atoms with Crippen LogP contribution >= 0.6 is 23.2 Å². The number of hydrogen-bond donors (Lipinski definition) is 1. The summed E-state index contributed by atoms with van der Waals surface area (Å²) in [7, 11) is 0. The van der Waals surface area contributed by atoms with E-state index in [9.17, 15) is 19.1 Å². The van der Waals surface area contributed by atoms with Crippen molar-refractivity contribution in [3.8, 4) is 0 Å². The number of benzene rings is 2. The van der Waals surface area contributed by atoms with Crippen molar-refractivity contribution in [1.82, 2.24) is 9.13 Å². The van der Waals surface area contributed by atoms with E-state index in [1.165, 1.54) is 19.1 Å². The highest BCUT2D eigenvalue weighted by atomic mass is 35.5. The molecule has 3 rings (SSSR count). The van der Waals surface area contributed by atoms with E-state index >= 15 is 0 Å². The zero-order valence-electron chi connectivity index (χ0n) is 13.7. The highest BCUT2D eigenvalue weighted by molar-refractivity contribution is 6.31. The molecule has 0 saturated carbocycles. The van der Waals surface area contributed by atoms with Gasteiger partial charge in [0.15, 0.2) is 5.82 Å². The summed E-state index contributed by atoms with van der Waals surface area (Å²) in [5, 5.41) is 10.1. The summed E-state index contributed by atoms with van der Waals surface area (Å²) in [6, 6.07) is 9.33. The van der Waals surface area contributed by atoms with E-state index < -0.39 is 23.2 Å². The molecular formula is C18H15Cl2FN2O3. The third-order valence-corrected chi connectivity index (χ3v) is 4.52. The maximum Gasteiger partial charge on any atom is 0.331 e. The summed E-state index contributed by atoms with van der Waals surface area (Å²) < 4.78 is 16.6. The molecule has 0 spiro atoms. The second-order valence-corrected chi connectivity index (χ2v) is 6.86. The van der Waals surface area contributed by atoms with Crippen molar-refractivity contribution in [2.24, 2.45) is 0 Å². The summed E-state index contributed by atoms with van der Waals surface area (Å²) >= 11 is 11.7. The number of aromatic nitrogens is 2. The van der Waals surface area contributed by atoms with Gasteiger partial charge in [-0.15, -0.1) is 0 Å². The van der Waals surface area contributed by atoms with E-state index in [0.29, 0.717) is 10.6 Å². The lowest BCUT2D eigenvalue weighted by Crippen LogP contribution is -2.42. The highest BCUT2D eigenvalue weighted by Crippen LogP contribution is 2.22. The molecule has 1 unspecified atom stereocenters. The van der Waals surface area contributed by atoms with Gasteiger partial charge in [-0.05, 0) is 36.8 Å². The van der Waals surface area contributed by atoms with Gasteiger partial charge in [-0.1, -0.05) is 35.3 Å². The SMILES string of the molecule is CC(O)Cn1c(=O)n(Cc2ccc(Cl)cc2)c(=O)c2ccc(Cl)c(F)c21. The van der Waals surface area contributed by atoms with Crippen LogP contribution in [0, 0.1) is 5.82 Å². The number of aliphatic hydroxyl groups is 1.